The number of pyridine rings is 1. The summed E-state index contributed by atoms with van der Waals surface area (Å²) in [6.07, 6.45) is -4.30. The number of halogens is 3. The number of nitrogen functional groups attached to an aromatic ring is 1. The van der Waals surface area contributed by atoms with Gasteiger partial charge < -0.3 is 30.6 Å². The number of esters is 1. The number of carbonyl (C=O) groups is 4. The van der Waals surface area contributed by atoms with E-state index in [9.17, 15) is 32.3 Å². The van der Waals surface area contributed by atoms with Crippen molar-refractivity contribution < 1.29 is 46.6 Å². The first-order valence-corrected chi connectivity index (χ1v) is 13.9. The van der Waals surface area contributed by atoms with Crippen molar-refractivity contribution in [3.05, 3.63) is 77.5 Å². The maximum Gasteiger partial charge on any atom is 0.490 e. The van der Waals surface area contributed by atoms with Gasteiger partial charge in [-0.1, -0.05) is 6.07 Å². The van der Waals surface area contributed by atoms with Gasteiger partial charge in [-0.15, -0.1) is 0 Å². The third-order valence-electron chi connectivity index (χ3n) is 5.89. The predicted octanol–water partition coefficient (Wildman–Crippen LogP) is 3.21. The van der Waals surface area contributed by atoms with Gasteiger partial charge in [0.2, 0.25) is 0 Å². The van der Waals surface area contributed by atoms with Crippen LogP contribution in [0.3, 0.4) is 0 Å². The van der Waals surface area contributed by atoms with E-state index in [1.165, 1.54) is 6.07 Å². The van der Waals surface area contributed by atoms with Gasteiger partial charge in [0.05, 0.1) is 12.7 Å². The van der Waals surface area contributed by atoms with E-state index in [0.717, 1.165) is 12.3 Å². The van der Waals surface area contributed by atoms with Gasteiger partial charge in [0.25, 0.3) is 17.7 Å². The van der Waals surface area contributed by atoms with E-state index in [0.29, 0.717) is 34.9 Å². The number of aromatic nitrogens is 1. The number of hydrazine groups is 1. The normalized spacial score (nSPS) is 11.6. The van der Waals surface area contributed by atoms with Gasteiger partial charge in [0.15, 0.2) is 18.1 Å². The van der Waals surface area contributed by atoms with Crippen LogP contribution >= 0.6 is 0 Å². The summed E-state index contributed by atoms with van der Waals surface area (Å²) in [7, 11) is 0. The summed E-state index contributed by atoms with van der Waals surface area (Å²) in [6.45, 7) is 4.57. The monoisotopic (exact) mass is 659 g/mol. The lowest BCUT2D eigenvalue weighted by Gasteiger charge is -2.22. The number of hydrogen-bond acceptors (Lipinski definition) is 10. The molecule has 0 aliphatic carbocycles. The minimum absolute atomic E-state index is 0.0963. The molecule has 0 spiro atoms. The Labute approximate surface area is 266 Å². The van der Waals surface area contributed by atoms with Crippen molar-refractivity contribution >= 4 is 41.0 Å². The number of nitrogens with one attached hydrogen (secondary N) is 5. The van der Waals surface area contributed by atoms with E-state index in [-0.39, 0.29) is 23.3 Å². The van der Waals surface area contributed by atoms with Crippen LogP contribution in [-0.4, -0.2) is 60.0 Å². The highest BCUT2D eigenvalue weighted by molar-refractivity contribution is 5.98. The Morgan fingerprint density at radius 2 is 1.66 bits per heavy atom. The molecule has 1 aromatic heterocycles. The number of hydrogen-bond donors (Lipinski definition) is 6. The standard InChI is InChI=1S/C30H32F3N7O7/c1-4-45-22-13-18(7-10-21(22)47-16(2)3)25(37-20-8-5-17(6-9-20)26(34)35)28(43)40-39-27(42)19-11-12-36-23(14-19)38-24(41)15-46-29(44)30(31,32)33/h5-14,16,25,37H,4,15H2,1-3H3,(H3,34,35)(H,39,42)(H,40,43)(H,36,38,41). The van der Waals surface area contributed by atoms with E-state index < -0.39 is 42.5 Å². The molecule has 7 N–H and O–H groups in total. The zero-order chi connectivity index (χ0) is 34.7. The fraction of sp³-hybridized carbons (Fsp3) is 0.267. The Bertz CT molecular complexity index is 1620. The van der Waals surface area contributed by atoms with Crippen LogP contribution in [0.2, 0.25) is 0 Å². The third kappa shape index (κ3) is 10.6. The summed E-state index contributed by atoms with van der Waals surface area (Å²) in [5.41, 5.74) is 11.4. The number of carbonyl (C=O) groups excluding carboxylic acids is 4. The highest BCUT2D eigenvalue weighted by Gasteiger charge is 2.41. The lowest BCUT2D eigenvalue weighted by Crippen LogP contribution is -2.45. The average Bonchev–Trinajstić information content (AvgIpc) is 3.01. The van der Waals surface area contributed by atoms with E-state index >= 15 is 0 Å². The Morgan fingerprint density at radius 3 is 2.28 bits per heavy atom. The molecular formula is C30H32F3N7O7. The summed E-state index contributed by atoms with van der Waals surface area (Å²) in [4.78, 5) is 52.9. The molecule has 0 saturated carbocycles. The number of benzene rings is 2. The number of nitrogens with zero attached hydrogens (tertiary/aromatic N) is 1. The lowest BCUT2D eigenvalue weighted by atomic mass is 10.0. The molecule has 3 rings (SSSR count). The average molecular weight is 660 g/mol. The predicted molar refractivity (Wildman–Crippen MR) is 163 cm³/mol. The van der Waals surface area contributed by atoms with Crippen molar-refractivity contribution in [3.63, 3.8) is 0 Å². The molecule has 0 fully saturated rings. The van der Waals surface area contributed by atoms with Crippen molar-refractivity contribution in [2.75, 3.05) is 23.8 Å². The maximum atomic E-state index is 13.5. The molecule has 47 heavy (non-hydrogen) atoms. The number of nitrogens with two attached hydrogens (primary N) is 1. The van der Waals surface area contributed by atoms with Crippen LogP contribution in [-0.2, 0) is 19.1 Å². The summed E-state index contributed by atoms with van der Waals surface area (Å²) >= 11 is 0. The summed E-state index contributed by atoms with van der Waals surface area (Å²) in [5, 5.41) is 12.8. The molecule has 250 valence electrons. The van der Waals surface area contributed by atoms with Crippen molar-refractivity contribution in [1.29, 1.82) is 5.41 Å². The molecule has 1 unspecified atom stereocenters. The first-order chi connectivity index (χ1) is 22.2. The fourth-order valence-corrected chi connectivity index (χ4v) is 3.83. The molecule has 0 bridgehead atoms. The topological polar surface area (TPSA) is 207 Å². The molecule has 0 aliphatic heterocycles. The van der Waals surface area contributed by atoms with Crippen LogP contribution in [0, 0.1) is 5.41 Å². The van der Waals surface area contributed by atoms with Gasteiger partial charge in [-0.2, -0.15) is 13.2 Å². The van der Waals surface area contributed by atoms with Crippen molar-refractivity contribution in [3.8, 4) is 11.5 Å². The summed E-state index contributed by atoms with van der Waals surface area (Å²) in [6, 6.07) is 12.6. The summed E-state index contributed by atoms with van der Waals surface area (Å²) in [5.74, 6) is -4.75. The molecule has 1 heterocycles. The number of alkyl halides is 3. The molecule has 1 atom stereocenters. The Kier molecular flexibility index (Phi) is 12.1. The molecule has 2 aromatic carbocycles. The molecule has 17 heteroatoms. The van der Waals surface area contributed by atoms with E-state index in [2.05, 4.69) is 31.2 Å². The maximum absolute atomic E-state index is 13.5. The highest BCUT2D eigenvalue weighted by Crippen LogP contribution is 2.33. The molecular weight excluding hydrogens is 627 g/mol. The number of amidine groups is 1. The van der Waals surface area contributed by atoms with Crippen LogP contribution < -0.4 is 36.7 Å². The fourth-order valence-electron chi connectivity index (χ4n) is 3.83. The second-order valence-corrected chi connectivity index (χ2v) is 9.87. The van der Waals surface area contributed by atoms with Crippen molar-refractivity contribution in [2.24, 2.45) is 5.73 Å². The van der Waals surface area contributed by atoms with Gasteiger partial charge in [-0.05, 0) is 74.9 Å². The van der Waals surface area contributed by atoms with Crippen molar-refractivity contribution in [2.45, 2.75) is 39.1 Å². The van der Waals surface area contributed by atoms with Gasteiger partial charge >= 0.3 is 12.1 Å². The SMILES string of the molecule is CCOc1cc(C(Nc2ccc(C(=N)N)cc2)C(=O)NNC(=O)c2ccnc(NC(=O)COC(=O)C(F)(F)F)c2)ccc1OC(C)C. The number of anilines is 2. The van der Waals surface area contributed by atoms with Crippen LogP contribution in [0.5, 0.6) is 11.5 Å². The number of amides is 3. The Morgan fingerprint density at radius 1 is 0.957 bits per heavy atom. The van der Waals surface area contributed by atoms with Crippen LogP contribution in [0.4, 0.5) is 24.7 Å². The minimum atomic E-state index is -5.27. The number of rotatable bonds is 13. The first kappa shape index (κ1) is 35.6. The molecule has 0 radical (unpaired) electrons. The second-order valence-electron chi connectivity index (χ2n) is 9.87. The van der Waals surface area contributed by atoms with Gasteiger partial charge in [-0.25, -0.2) is 9.78 Å². The van der Waals surface area contributed by atoms with Gasteiger partial charge in [-0.3, -0.25) is 30.6 Å². The van der Waals surface area contributed by atoms with Gasteiger partial charge in [0.1, 0.15) is 17.7 Å². The first-order valence-electron chi connectivity index (χ1n) is 13.9. The van der Waals surface area contributed by atoms with Crippen molar-refractivity contribution in [1.82, 2.24) is 15.8 Å². The van der Waals surface area contributed by atoms with E-state index in [1.807, 2.05) is 13.8 Å². The zero-order valence-electron chi connectivity index (χ0n) is 25.4. The molecule has 14 nitrogen and oxygen atoms in total. The minimum Gasteiger partial charge on any atom is -0.490 e. The smallest absolute Gasteiger partial charge is 0.490 e. The van der Waals surface area contributed by atoms with E-state index in [1.54, 1.807) is 49.4 Å². The van der Waals surface area contributed by atoms with E-state index in [4.69, 9.17) is 20.6 Å². The highest BCUT2D eigenvalue weighted by atomic mass is 19.4. The largest absolute Gasteiger partial charge is 0.490 e. The lowest BCUT2D eigenvalue weighted by molar-refractivity contribution is -0.199. The molecule has 3 amide bonds. The molecule has 0 aliphatic rings. The van der Waals surface area contributed by atoms with Crippen LogP contribution in [0.15, 0.2) is 60.8 Å². The zero-order valence-corrected chi connectivity index (χ0v) is 25.4. The van der Waals surface area contributed by atoms with Crippen LogP contribution in [0.25, 0.3) is 0 Å². The number of ether oxygens (including phenoxy) is 3. The summed E-state index contributed by atoms with van der Waals surface area (Å²) < 4.78 is 52.3. The van der Waals surface area contributed by atoms with Crippen LogP contribution in [0.1, 0.15) is 48.3 Å². The third-order valence-corrected chi connectivity index (χ3v) is 5.89. The molecule has 0 saturated heterocycles. The molecule has 3 aromatic rings. The second kappa shape index (κ2) is 15.9. The van der Waals surface area contributed by atoms with Gasteiger partial charge in [0, 0.05) is 23.0 Å². The Hall–Kier alpha value is -5.87. The Balaban J connectivity index is 1.77. The quantitative estimate of drug-likeness (QED) is 0.0684.